The highest BCUT2D eigenvalue weighted by Gasteiger charge is 2.29. The number of hydrogen-bond donors (Lipinski definition) is 0. The molecular formula is C20H20O2. The highest BCUT2D eigenvalue weighted by atomic mass is 16.5. The molecule has 1 fully saturated rings. The van der Waals surface area contributed by atoms with Crippen molar-refractivity contribution < 1.29 is 9.53 Å². The number of hydrogen-bond acceptors (Lipinski definition) is 2. The molecule has 2 aromatic rings. The van der Waals surface area contributed by atoms with Crippen LogP contribution < -0.4 is 0 Å². The van der Waals surface area contributed by atoms with Gasteiger partial charge in [-0.15, -0.1) is 0 Å². The first-order valence-electron chi connectivity index (χ1n) is 7.70. The molecule has 1 saturated carbocycles. The molecule has 22 heavy (non-hydrogen) atoms. The molecule has 0 bridgehead atoms. The van der Waals surface area contributed by atoms with Crippen molar-refractivity contribution in [3.05, 3.63) is 77.4 Å². The van der Waals surface area contributed by atoms with Crippen molar-refractivity contribution in [1.82, 2.24) is 0 Å². The molecule has 0 saturated heterocycles. The van der Waals surface area contributed by atoms with Crippen LogP contribution in [0.4, 0.5) is 0 Å². The Morgan fingerprint density at radius 3 is 2.00 bits per heavy atom. The van der Waals surface area contributed by atoms with E-state index in [1.54, 1.807) is 0 Å². The Kier molecular flexibility index (Phi) is 4.38. The minimum atomic E-state index is -0.0875. The van der Waals surface area contributed by atoms with Crippen LogP contribution in [0.3, 0.4) is 0 Å². The van der Waals surface area contributed by atoms with Gasteiger partial charge in [-0.3, -0.25) is 4.79 Å². The van der Waals surface area contributed by atoms with Crippen LogP contribution in [0.15, 0.2) is 66.2 Å². The molecule has 0 radical (unpaired) electrons. The zero-order chi connectivity index (χ0) is 15.4. The Balaban J connectivity index is 2.04. The molecule has 0 aromatic heterocycles. The number of carbonyl (C=O) groups is 1. The lowest BCUT2D eigenvalue weighted by molar-refractivity contribution is -0.145. The molecule has 2 aromatic carbocycles. The summed E-state index contributed by atoms with van der Waals surface area (Å²) in [5.41, 5.74) is 5.06. The highest BCUT2D eigenvalue weighted by molar-refractivity contribution is 5.83. The van der Waals surface area contributed by atoms with Gasteiger partial charge in [0.2, 0.25) is 0 Å². The zero-order valence-corrected chi connectivity index (χ0v) is 12.8. The van der Waals surface area contributed by atoms with Crippen molar-refractivity contribution in [1.29, 1.82) is 0 Å². The lowest BCUT2D eigenvalue weighted by atomic mass is 9.92. The summed E-state index contributed by atoms with van der Waals surface area (Å²) in [5, 5.41) is 0. The average molecular weight is 292 g/mol. The lowest BCUT2D eigenvalue weighted by Crippen LogP contribution is -2.12. The SMILES string of the molecule is COC(=O)C1CCC(=C(c2ccccc2)c2ccccc2)C1. The Morgan fingerprint density at radius 2 is 1.50 bits per heavy atom. The van der Waals surface area contributed by atoms with Crippen molar-refractivity contribution in [3.63, 3.8) is 0 Å². The van der Waals surface area contributed by atoms with E-state index in [1.807, 2.05) is 12.1 Å². The molecule has 112 valence electrons. The normalized spacial score (nSPS) is 17.3. The van der Waals surface area contributed by atoms with E-state index < -0.39 is 0 Å². The summed E-state index contributed by atoms with van der Waals surface area (Å²) >= 11 is 0. The lowest BCUT2D eigenvalue weighted by Gasteiger charge is -2.13. The van der Waals surface area contributed by atoms with Gasteiger partial charge < -0.3 is 4.74 Å². The van der Waals surface area contributed by atoms with E-state index in [2.05, 4.69) is 48.5 Å². The van der Waals surface area contributed by atoms with Gasteiger partial charge in [-0.05, 0) is 36.0 Å². The number of ether oxygens (including phenoxy) is 1. The first-order chi connectivity index (χ1) is 10.8. The van der Waals surface area contributed by atoms with Gasteiger partial charge in [-0.2, -0.15) is 0 Å². The van der Waals surface area contributed by atoms with E-state index in [-0.39, 0.29) is 11.9 Å². The van der Waals surface area contributed by atoms with Crippen LogP contribution in [0, 0.1) is 5.92 Å². The second-order valence-electron chi connectivity index (χ2n) is 5.67. The van der Waals surface area contributed by atoms with Gasteiger partial charge in [-0.25, -0.2) is 0 Å². The Bertz CT molecular complexity index is 630. The summed E-state index contributed by atoms with van der Waals surface area (Å²) in [5.74, 6) is -0.0853. The van der Waals surface area contributed by atoms with Crippen molar-refractivity contribution in [2.24, 2.45) is 5.92 Å². The first kappa shape index (κ1) is 14.6. The standard InChI is InChI=1S/C20H20O2/c1-22-20(21)18-13-12-17(14-18)19(15-8-4-2-5-9-15)16-10-6-3-7-11-16/h2-11,18H,12-14H2,1H3. The van der Waals surface area contributed by atoms with Crippen molar-refractivity contribution in [2.45, 2.75) is 19.3 Å². The average Bonchev–Trinajstić information content (AvgIpc) is 3.06. The number of methoxy groups -OCH3 is 1. The number of carbonyl (C=O) groups excluding carboxylic acids is 1. The van der Waals surface area contributed by atoms with Crippen LogP contribution in [0.2, 0.25) is 0 Å². The molecule has 3 rings (SSSR count). The van der Waals surface area contributed by atoms with Gasteiger partial charge >= 0.3 is 5.97 Å². The van der Waals surface area contributed by atoms with Crippen LogP contribution in [0.5, 0.6) is 0 Å². The Labute approximate surface area is 131 Å². The minimum absolute atomic E-state index is 0.00224. The predicted molar refractivity (Wildman–Crippen MR) is 88.3 cm³/mol. The van der Waals surface area contributed by atoms with E-state index >= 15 is 0 Å². The van der Waals surface area contributed by atoms with Crippen LogP contribution in [0.25, 0.3) is 5.57 Å². The molecule has 2 heteroatoms. The maximum absolute atomic E-state index is 11.8. The van der Waals surface area contributed by atoms with Crippen molar-refractivity contribution in [3.8, 4) is 0 Å². The van der Waals surface area contributed by atoms with Crippen molar-refractivity contribution in [2.75, 3.05) is 7.11 Å². The molecule has 2 nitrogen and oxygen atoms in total. The molecule has 1 aliphatic rings. The second kappa shape index (κ2) is 6.61. The third-order valence-corrected chi connectivity index (χ3v) is 4.30. The summed E-state index contributed by atoms with van der Waals surface area (Å²) in [6.07, 6.45) is 2.63. The van der Waals surface area contributed by atoms with Gasteiger partial charge in [0.25, 0.3) is 0 Å². The van der Waals surface area contributed by atoms with Gasteiger partial charge in [0.15, 0.2) is 0 Å². The third kappa shape index (κ3) is 2.96. The van der Waals surface area contributed by atoms with E-state index in [1.165, 1.54) is 29.4 Å². The van der Waals surface area contributed by atoms with Gasteiger partial charge in [0.1, 0.15) is 0 Å². The smallest absolute Gasteiger partial charge is 0.308 e. The number of benzene rings is 2. The summed E-state index contributed by atoms with van der Waals surface area (Å²) in [4.78, 5) is 11.8. The van der Waals surface area contributed by atoms with Gasteiger partial charge in [-0.1, -0.05) is 66.2 Å². The van der Waals surface area contributed by atoms with Crippen LogP contribution in [-0.2, 0) is 9.53 Å². The summed E-state index contributed by atoms with van der Waals surface area (Å²) in [6, 6.07) is 20.9. The topological polar surface area (TPSA) is 26.3 Å². The van der Waals surface area contributed by atoms with E-state index in [0.717, 1.165) is 19.3 Å². The second-order valence-corrected chi connectivity index (χ2v) is 5.67. The molecule has 0 amide bonds. The van der Waals surface area contributed by atoms with E-state index in [9.17, 15) is 4.79 Å². The zero-order valence-electron chi connectivity index (χ0n) is 12.8. The minimum Gasteiger partial charge on any atom is -0.469 e. The largest absolute Gasteiger partial charge is 0.469 e. The summed E-state index contributed by atoms with van der Waals surface area (Å²) < 4.78 is 4.91. The maximum Gasteiger partial charge on any atom is 0.308 e. The number of allylic oxidation sites excluding steroid dienone is 1. The molecule has 0 spiro atoms. The molecule has 1 unspecified atom stereocenters. The Hall–Kier alpha value is -2.35. The van der Waals surface area contributed by atoms with Gasteiger partial charge in [0, 0.05) is 0 Å². The van der Waals surface area contributed by atoms with E-state index in [4.69, 9.17) is 4.74 Å². The van der Waals surface area contributed by atoms with Gasteiger partial charge in [0.05, 0.1) is 13.0 Å². The van der Waals surface area contributed by atoms with E-state index in [0.29, 0.717) is 0 Å². The maximum atomic E-state index is 11.8. The predicted octanol–water partition coefficient (Wildman–Crippen LogP) is 4.46. The molecule has 1 atom stereocenters. The van der Waals surface area contributed by atoms with Crippen molar-refractivity contribution >= 4 is 11.5 Å². The van der Waals surface area contributed by atoms with Crippen LogP contribution >= 0.6 is 0 Å². The fourth-order valence-electron chi connectivity index (χ4n) is 3.23. The summed E-state index contributed by atoms with van der Waals surface area (Å²) in [6.45, 7) is 0. The van der Waals surface area contributed by atoms with Crippen LogP contribution in [-0.4, -0.2) is 13.1 Å². The third-order valence-electron chi connectivity index (χ3n) is 4.30. The van der Waals surface area contributed by atoms with Crippen LogP contribution in [0.1, 0.15) is 30.4 Å². The fraction of sp³-hybridized carbons (Fsp3) is 0.250. The number of rotatable bonds is 3. The molecular weight excluding hydrogens is 272 g/mol. The number of esters is 1. The molecule has 0 aliphatic heterocycles. The molecule has 0 heterocycles. The first-order valence-corrected chi connectivity index (χ1v) is 7.70. The molecule has 1 aliphatic carbocycles. The molecule has 0 N–H and O–H groups in total. The Morgan fingerprint density at radius 1 is 0.955 bits per heavy atom. The highest BCUT2D eigenvalue weighted by Crippen LogP contribution is 2.39. The fourth-order valence-corrected chi connectivity index (χ4v) is 3.23. The summed E-state index contributed by atoms with van der Waals surface area (Å²) in [7, 11) is 1.47. The quantitative estimate of drug-likeness (QED) is 0.781. The monoisotopic (exact) mass is 292 g/mol.